The molecule has 0 atom stereocenters. The zero-order chi connectivity index (χ0) is 12.4. The molecule has 2 nitrogen and oxygen atoms in total. The molecule has 2 aromatic carbocycles. The van der Waals surface area contributed by atoms with Gasteiger partial charge >= 0.3 is 0 Å². The number of aromatic nitrogens is 1. The maximum atomic E-state index is 5.83. The van der Waals surface area contributed by atoms with Crippen molar-refractivity contribution in [1.29, 1.82) is 0 Å². The van der Waals surface area contributed by atoms with Crippen LogP contribution in [-0.4, -0.2) is 11.2 Å². The molecule has 88 valence electrons. The highest BCUT2D eigenvalue weighted by Crippen LogP contribution is 2.19. The summed E-state index contributed by atoms with van der Waals surface area (Å²) >= 11 is 5.83. The molecule has 0 saturated carbocycles. The van der Waals surface area contributed by atoms with Crippen molar-refractivity contribution >= 4 is 34.4 Å². The molecule has 0 bridgehead atoms. The lowest BCUT2D eigenvalue weighted by molar-refractivity contribution is 1.47. The van der Waals surface area contributed by atoms with Crippen molar-refractivity contribution < 1.29 is 0 Å². The third-order valence-corrected chi connectivity index (χ3v) is 3.05. The van der Waals surface area contributed by atoms with Gasteiger partial charge in [-0.1, -0.05) is 29.8 Å². The first-order chi connectivity index (χ1) is 8.83. The van der Waals surface area contributed by atoms with E-state index in [1.54, 1.807) is 0 Å². The monoisotopic (exact) mass is 254 g/mol. The molecule has 0 unspecified atom stereocenters. The second-order valence-electron chi connectivity index (χ2n) is 4.02. The molecular formula is C15H11ClN2. The third kappa shape index (κ3) is 2.15. The van der Waals surface area contributed by atoms with Crippen LogP contribution in [0.3, 0.4) is 0 Å². The molecule has 1 aromatic heterocycles. The largest absolute Gasteiger partial charge is 0.361 e. The number of fused-ring (bicyclic) bond motifs is 1. The van der Waals surface area contributed by atoms with Gasteiger partial charge in [0, 0.05) is 33.9 Å². The molecule has 18 heavy (non-hydrogen) atoms. The van der Waals surface area contributed by atoms with Crippen molar-refractivity contribution in [2.45, 2.75) is 0 Å². The number of para-hydroxylation sites is 1. The molecule has 3 aromatic rings. The van der Waals surface area contributed by atoms with Gasteiger partial charge in [0.2, 0.25) is 0 Å². The van der Waals surface area contributed by atoms with Crippen LogP contribution in [0.25, 0.3) is 10.9 Å². The number of halogens is 1. The summed E-state index contributed by atoms with van der Waals surface area (Å²) in [6, 6.07) is 15.6. The Kier molecular flexibility index (Phi) is 2.87. The first-order valence-corrected chi connectivity index (χ1v) is 6.06. The van der Waals surface area contributed by atoms with E-state index < -0.39 is 0 Å². The van der Waals surface area contributed by atoms with Gasteiger partial charge in [0.1, 0.15) is 0 Å². The summed E-state index contributed by atoms with van der Waals surface area (Å²) in [5, 5.41) is 1.90. The maximum Gasteiger partial charge on any atom is 0.0630 e. The van der Waals surface area contributed by atoms with Crippen molar-refractivity contribution in [2.75, 3.05) is 0 Å². The Morgan fingerprint density at radius 1 is 1.00 bits per heavy atom. The summed E-state index contributed by atoms with van der Waals surface area (Å²) in [5.74, 6) is 0. The minimum atomic E-state index is 0.723. The average molecular weight is 255 g/mol. The fraction of sp³-hybridized carbons (Fsp3) is 0. The molecule has 1 N–H and O–H groups in total. The summed E-state index contributed by atoms with van der Waals surface area (Å²) < 4.78 is 0. The normalized spacial score (nSPS) is 11.4. The van der Waals surface area contributed by atoms with Gasteiger partial charge < -0.3 is 4.98 Å². The molecule has 3 rings (SSSR count). The maximum absolute atomic E-state index is 5.83. The second kappa shape index (κ2) is 4.67. The molecule has 0 amide bonds. The van der Waals surface area contributed by atoms with Crippen molar-refractivity contribution in [3.63, 3.8) is 0 Å². The lowest BCUT2D eigenvalue weighted by Gasteiger charge is -1.93. The van der Waals surface area contributed by atoms with E-state index >= 15 is 0 Å². The number of rotatable bonds is 2. The van der Waals surface area contributed by atoms with Crippen molar-refractivity contribution in [3.8, 4) is 0 Å². The summed E-state index contributed by atoms with van der Waals surface area (Å²) in [7, 11) is 0. The third-order valence-electron chi connectivity index (χ3n) is 2.80. The van der Waals surface area contributed by atoms with E-state index in [2.05, 4.69) is 22.1 Å². The zero-order valence-electron chi connectivity index (χ0n) is 9.60. The highest BCUT2D eigenvalue weighted by molar-refractivity contribution is 6.30. The van der Waals surface area contributed by atoms with Crippen LogP contribution in [0.15, 0.2) is 59.7 Å². The number of nitrogens with zero attached hydrogens (tertiary/aromatic N) is 1. The van der Waals surface area contributed by atoms with Crippen LogP contribution in [0.5, 0.6) is 0 Å². The quantitative estimate of drug-likeness (QED) is 0.649. The van der Waals surface area contributed by atoms with E-state index in [9.17, 15) is 0 Å². The molecule has 0 fully saturated rings. The Hall–Kier alpha value is -2.06. The molecule has 0 aliphatic carbocycles. The molecule has 3 heteroatoms. The molecule has 0 saturated heterocycles. The smallest absolute Gasteiger partial charge is 0.0630 e. The van der Waals surface area contributed by atoms with E-state index in [-0.39, 0.29) is 0 Å². The molecule has 0 aliphatic rings. The Morgan fingerprint density at radius 3 is 2.61 bits per heavy atom. The predicted molar refractivity (Wildman–Crippen MR) is 77.0 cm³/mol. The first-order valence-electron chi connectivity index (χ1n) is 5.69. The van der Waals surface area contributed by atoms with Gasteiger partial charge in [-0.05, 0) is 30.3 Å². The zero-order valence-corrected chi connectivity index (χ0v) is 10.4. The molecule has 0 aliphatic heterocycles. The number of aliphatic imine (C=N–C) groups is 1. The van der Waals surface area contributed by atoms with Gasteiger partial charge in [0.15, 0.2) is 0 Å². The van der Waals surface area contributed by atoms with Crippen molar-refractivity contribution in [2.24, 2.45) is 4.99 Å². The standard InChI is InChI=1S/C15H11ClN2/c16-12-5-7-13(8-6-12)17-9-11-10-18-15-4-2-1-3-14(11)15/h1-10,18H. The van der Waals surface area contributed by atoms with E-state index in [0.717, 1.165) is 21.8 Å². The van der Waals surface area contributed by atoms with Gasteiger partial charge in [-0.15, -0.1) is 0 Å². The Bertz CT molecular complexity index is 696. The predicted octanol–water partition coefficient (Wildman–Crippen LogP) is 4.57. The van der Waals surface area contributed by atoms with Crippen molar-refractivity contribution in [3.05, 3.63) is 65.3 Å². The van der Waals surface area contributed by atoms with Crippen LogP contribution in [0.2, 0.25) is 5.02 Å². The van der Waals surface area contributed by atoms with Crippen LogP contribution >= 0.6 is 11.6 Å². The fourth-order valence-electron chi connectivity index (χ4n) is 1.87. The first kappa shape index (κ1) is 11.1. The van der Waals surface area contributed by atoms with E-state index in [1.165, 1.54) is 5.39 Å². The SMILES string of the molecule is Clc1ccc(N=Cc2c[nH]c3ccccc23)cc1. The lowest BCUT2D eigenvalue weighted by atomic mass is 10.2. The highest BCUT2D eigenvalue weighted by Gasteiger charge is 1.99. The minimum Gasteiger partial charge on any atom is -0.361 e. The number of aromatic amines is 1. The highest BCUT2D eigenvalue weighted by atomic mass is 35.5. The van der Waals surface area contributed by atoms with Gasteiger partial charge in [0.05, 0.1) is 5.69 Å². The number of benzene rings is 2. The van der Waals surface area contributed by atoms with E-state index in [4.69, 9.17) is 11.6 Å². The molecule has 0 spiro atoms. The van der Waals surface area contributed by atoms with E-state index in [0.29, 0.717) is 0 Å². The minimum absolute atomic E-state index is 0.723. The van der Waals surface area contributed by atoms with Gasteiger partial charge in [-0.25, -0.2) is 0 Å². The Labute approximate surface area is 110 Å². The Balaban J connectivity index is 1.94. The van der Waals surface area contributed by atoms with Crippen LogP contribution in [0.4, 0.5) is 5.69 Å². The van der Waals surface area contributed by atoms with Gasteiger partial charge in [-0.2, -0.15) is 0 Å². The lowest BCUT2D eigenvalue weighted by Crippen LogP contribution is -1.76. The number of hydrogen-bond donors (Lipinski definition) is 1. The summed E-state index contributed by atoms with van der Waals surface area (Å²) in [4.78, 5) is 7.66. The Morgan fingerprint density at radius 2 is 1.78 bits per heavy atom. The number of H-pyrrole nitrogens is 1. The topological polar surface area (TPSA) is 28.1 Å². The second-order valence-corrected chi connectivity index (χ2v) is 4.46. The van der Waals surface area contributed by atoms with Crippen LogP contribution in [0.1, 0.15) is 5.56 Å². The van der Waals surface area contributed by atoms with Crippen LogP contribution in [0, 0.1) is 0 Å². The molecule has 0 radical (unpaired) electrons. The van der Waals surface area contributed by atoms with Crippen molar-refractivity contribution in [1.82, 2.24) is 4.98 Å². The fourth-order valence-corrected chi connectivity index (χ4v) is 2.00. The van der Waals surface area contributed by atoms with Gasteiger partial charge in [0.25, 0.3) is 0 Å². The van der Waals surface area contributed by atoms with Gasteiger partial charge in [-0.3, -0.25) is 4.99 Å². The van der Waals surface area contributed by atoms with E-state index in [1.807, 2.05) is 48.8 Å². The molecular weight excluding hydrogens is 244 g/mol. The summed E-state index contributed by atoms with van der Waals surface area (Å²) in [6.45, 7) is 0. The summed E-state index contributed by atoms with van der Waals surface area (Å²) in [6.07, 6.45) is 3.83. The number of hydrogen-bond acceptors (Lipinski definition) is 1. The van der Waals surface area contributed by atoms with Crippen LogP contribution < -0.4 is 0 Å². The number of nitrogens with one attached hydrogen (secondary N) is 1. The summed E-state index contributed by atoms with van der Waals surface area (Å²) in [5.41, 5.74) is 3.10. The molecule has 1 heterocycles. The average Bonchev–Trinajstić information content (AvgIpc) is 2.82. The van der Waals surface area contributed by atoms with Crippen LogP contribution in [-0.2, 0) is 0 Å².